The molecule has 0 unspecified atom stereocenters. The first-order chi connectivity index (χ1) is 13.5. The lowest BCUT2D eigenvalue weighted by Gasteiger charge is -2.20. The summed E-state index contributed by atoms with van der Waals surface area (Å²) in [6.07, 6.45) is 9.21. The van der Waals surface area contributed by atoms with Gasteiger partial charge >= 0.3 is 12.2 Å². The van der Waals surface area contributed by atoms with Crippen LogP contribution in [-0.4, -0.2) is 84.1 Å². The van der Waals surface area contributed by atoms with Crippen LogP contribution in [0, 0.1) is 0 Å². The summed E-state index contributed by atoms with van der Waals surface area (Å²) in [5.74, 6) is -0.134. The first kappa shape index (κ1) is 19.5. The smallest absolute Gasteiger partial charge is 0.414 e. The number of ether oxygens (including phenoxy) is 2. The fourth-order valence-corrected chi connectivity index (χ4v) is 3.00. The number of allylic oxidation sites excluding steroid dienone is 6. The molecule has 0 radical (unpaired) electrons. The summed E-state index contributed by atoms with van der Waals surface area (Å²) in [6, 6.07) is 0. The zero-order valence-electron chi connectivity index (χ0n) is 15.4. The lowest BCUT2D eigenvalue weighted by atomic mass is 10.2. The van der Waals surface area contributed by atoms with Gasteiger partial charge in [-0.2, -0.15) is 0 Å². The third-order valence-corrected chi connectivity index (χ3v) is 4.47. The molecule has 0 spiro atoms. The minimum Gasteiger partial charge on any atom is -0.453 e. The predicted octanol–water partition coefficient (Wildman–Crippen LogP) is 0.109. The number of cyclic esters (lactones) is 1. The van der Waals surface area contributed by atoms with Gasteiger partial charge in [-0.15, -0.1) is 0 Å². The van der Waals surface area contributed by atoms with Gasteiger partial charge in [-0.3, -0.25) is 9.69 Å². The molecule has 2 N–H and O–H groups in total. The number of alkyl carbamates (subject to hydrolysis) is 1. The number of aliphatic hydroxyl groups is 1. The normalized spacial score (nSPS) is 21.9. The van der Waals surface area contributed by atoms with Crippen molar-refractivity contribution >= 4 is 18.1 Å². The monoisotopic (exact) mass is 390 g/mol. The van der Waals surface area contributed by atoms with E-state index >= 15 is 0 Å². The average Bonchev–Trinajstić information content (AvgIpc) is 3.22. The number of nitrogens with zero attached hydrogens (tertiary/aromatic N) is 3. The molecular formula is C18H22N4O6. The molecule has 3 aliphatic rings. The van der Waals surface area contributed by atoms with Crippen LogP contribution in [0.25, 0.3) is 0 Å². The van der Waals surface area contributed by atoms with E-state index in [1.807, 2.05) is 17.1 Å². The van der Waals surface area contributed by atoms with Gasteiger partial charge in [0.05, 0.1) is 33.4 Å². The molecule has 150 valence electrons. The Morgan fingerprint density at radius 2 is 2.00 bits per heavy atom. The van der Waals surface area contributed by atoms with E-state index in [1.54, 1.807) is 24.3 Å². The Bertz CT molecular complexity index is 772. The van der Waals surface area contributed by atoms with Gasteiger partial charge in [0.2, 0.25) is 5.91 Å². The van der Waals surface area contributed by atoms with Gasteiger partial charge in [0, 0.05) is 11.4 Å². The first-order valence-electron chi connectivity index (χ1n) is 8.72. The maximum absolute atomic E-state index is 12.1. The summed E-state index contributed by atoms with van der Waals surface area (Å²) < 4.78 is 9.76. The molecule has 0 saturated carbocycles. The van der Waals surface area contributed by atoms with Gasteiger partial charge in [0.25, 0.3) is 0 Å². The van der Waals surface area contributed by atoms with E-state index in [1.165, 1.54) is 16.9 Å². The lowest BCUT2D eigenvalue weighted by molar-refractivity contribution is -0.129. The number of methoxy groups -OCH3 is 1. The van der Waals surface area contributed by atoms with Crippen LogP contribution in [0.15, 0.2) is 47.9 Å². The van der Waals surface area contributed by atoms with Crippen LogP contribution < -0.4 is 5.32 Å². The van der Waals surface area contributed by atoms with Crippen molar-refractivity contribution in [2.45, 2.75) is 6.10 Å². The molecule has 0 bridgehead atoms. The van der Waals surface area contributed by atoms with Crippen LogP contribution in [0.4, 0.5) is 9.59 Å². The van der Waals surface area contributed by atoms with Crippen molar-refractivity contribution in [2.75, 3.05) is 40.1 Å². The number of carbonyl (C=O) groups is 3. The maximum atomic E-state index is 12.1. The molecule has 1 aliphatic carbocycles. The standard InChI is InChI=1S/C18H22N4O6/c1-27-17(25)19-8-15-9-22(18(26)28-15)14-6-2-4-13(5-3-7-14)20-10-16(24)21(11-20)12-23/h2-7,15,23H,8-12H2,1H3,(H,19,25)/t15-/m0/s1. The van der Waals surface area contributed by atoms with Gasteiger partial charge in [-0.1, -0.05) is 12.2 Å². The molecule has 10 heteroatoms. The molecule has 1 atom stereocenters. The molecule has 28 heavy (non-hydrogen) atoms. The SMILES string of the molecule is COC(=O)NC[C@H]1CN(C2=CC=CC(N3CC(=O)N(CO)C3)=CC=C2)C(=O)O1. The first-order valence-corrected chi connectivity index (χ1v) is 8.72. The van der Waals surface area contributed by atoms with Crippen molar-refractivity contribution in [3.05, 3.63) is 47.9 Å². The van der Waals surface area contributed by atoms with Crippen molar-refractivity contribution in [1.29, 1.82) is 0 Å². The lowest BCUT2D eigenvalue weighted by Crippen LogP contribution is -2.34. The van der Waals surface area contributed by atoms with Crippen LogP contribution in [0.1, 0.15) is 0 Å². The van der Waals surface area contributed by atoms with E-state index in [0.717, 1.165) is 5.70 Å². The Kier molecular flexibility index (Phi) is 5.99. The molecule has 2 heterocycles. The van der Waals surface area contributed by atoms with Gasteiger partial charge < -0.3 is 29.7 Å². The zero-order chi connectivity index (χ0) is 20.1. The largest absolute Gasteiger partial charge is 0.453 e. The van der Waals surface area contributed by atoms with Crippen LogP contribution in [0.2, 0.25) is 0 Å². The quantitative estimate of drug-likeness (QED) is 0.685. The summed E-state index contributed by atoms with van der Waals surface area (Å²) in [5.41, 5.74) is 1.46. The second kappa shape index (κ2) is 8.61. The van der Waals surface area contributed by atoms with Gasteiger partial charge in [0.15, 0.2) is 0 Å². The number of hydrogen-bond acceptors (Lipinski definition) is 7. The van der Waals surface area contributed by atoms with E-state index in [-0.39, 0.29) is 25.7 Å². The van der Waals surface area contributed by atoms with Crippen LogP contribution in [-0.2, 0) is 14.3 Å². The fourth-order valence-electron chi connectivity index (χ4n) is 3.00. The van der Waals surface area contributed by atoms with E-state index in [9.17, 15) is 19.5 Å². The van der Waals surface area contributed by atoms with Crippen molar-refractivity contribution in [3.8, 4) is 0 Å². The van der Waals surface area contributed by atoms with Crippen LogP contribution in [0.5, 0.6) is 0 Å². The minimum absolute atomic E-state index is 0.134. The molecule has 2 fully saturated rings. The molecule has 0 aromatic rings. The third-order valence-electron chi connectivity index (χ3n) is 4.47. The third kappa shape index (κ3) is 4.34. The number of hydrogen-bond donors (Lipinski definition) is 2. The van der Waals surface area contributed by atoms with E-state index in [4.69, 9.17) is 4.74 Å². The highest BCUT2D eigenvalue weighted by Crippen LogP contribution is 2.21. The minimum atomic E-state index is -0.583. The maximum Gasteiger partial charge on any atom is 0.414 e. The Balaban J connectivity index is 1.61. The Morgan fingerprint density at radius 3 is 2.68 bits per heavy atom. The molecule has 10 nitrogen and oxygen atoms in total. The molecule has 3 rings (SSSR count). The summed E-state index contributed by atoms with van der Waals surface area (Å²) in [4.78, 5) is 39.7. The zero-order valence-corrected chi connectivity index (χ0v) is 15.4. The fraction of sp³-hybridized carbons (Fsp3) is 0.389. The van der Waals surface area contributed by atoms with Crippen LogP contribution >= 0.6 is 0 Å². The van der Waals surface area contributed by atoms with Crippen molar-refractivity contribution in [2.24, 2.45) is 0 Å². The number of carbonyl (C=O) groups excluding carboxylic acids is 3. The average molecular weight is 390 g/mol. The second-order valence-electron chi connectivity index (χ2n) is 6.30. The van der Waals surface area contributed by atoms with E-state index < -0.39 is 18.3 Å². The highest BCUT2D eigenvalue weighted by Gasteiger charge is 2.33. The Morgan fingerprint density at radius 1 is 1.29 bits per heavy atom. The van der Waals surface area contributed by atoms with E-state index in [2.05, 4.69) is 10.1 Å². The molecule has 3 amide bonds. The number of amides is 3. The Labute approximate surface area is 162 Å². The van der Waals surface area contributed by atoms with Crippen molar-refractivity contribution in [3.63, 3.8) is 0 Å². The van der Waals surface area contributed by atoms with Gasteiger partial charge in [-0.25, -0.2) is 9.59 Å². The highest BCUT2D eigenvalue weighted by atomic mass is 16.6. The molecule has 2 saturated heterocycles. The summed E-state index contributed by atoms with van der Waals surface area (Å²) >= 11 is 0. The van der Waals surface area contributed by atoms with E-state index in [0.29, 0.717) is 18.9 Å². The number of nitrogens with one attached hydrogen (secondary N) is 1. The highest BCUT2D eigenvalue weighted by molar-refractivity contribution is 5.80. The summed E-state index contributed by atoms with van der Waals surface area (Å²) in [5, 5.41) is 11.7. The van der Waals surface area contributed by atoms with Gasteiger partial charge in [-0.05, 0) is 24.3 Å². The van der Waals surface area contributed by atoms with Crippen molar-refractivity contribution in [1.82, 2.24) is 20.0 Å². The van der Waals surface area contributed by atoms with Crippen molar-refractivity contribution < 1.29 is 29.0 Å². The number of aliphatic hydroxyl groups excluding tert-OH is 1. The second-order valence-corrected chi connectivity index (χ2v) is 6.30. The molecular weight excluding hydrogens is 368 g/mol. The molecule has 0 aromatic heterocycles. The number of rotatable bonds is 5. The molecule has 0 aromatic carbocycles. The molecule has 2 aliphatic heterocycles. The Hall–Kier alpha value is -3.27. The van der Waals surface area contributed by atoms with Crippen LogP contribution in [0.3, 0.4) is 0 Å². The summed E-state index contributed by atoms with van der Waals surface area (Å²) in [6.45, 7) is 0.679. The summed E-state index contributed by atoms with van der Waals surface area (Å²) in [7, 11) is 1.26. The van der Waals surface area contributed by atoms with Gasteiger partial charge in [0.1, 0.15) is 12.8 Å². The topological polar surface area (TPSA) is 112 Å². The predicted molar refractivity (Wildman–Crippen MR) is 97.3 cm³/mol.